The lowest BCUT2D eigenvalue weighted by molar-refractivity contribution is -0.385. The van der Waals surface area contributed by atoms with Crippen molar-refractivity contribution in [1.29, 1.82) is 0 Å². The maximum atomic E-state index is 12.9. The summed E-state index contributed by atoms with van der Waals surface area (Å²) in [6.45, 7) is -0.524. The first kappa shape index (κ1) is 32.2. The van der Waals surface area contributed by atoms with Gasteiger partial charge in [-0.3, -0.25) is 29.3 Å². The molecular formula is C25H30N4O12S. The van der Waals surface area contributed by atoms with Crippen LogP contribution in [-0.2, 0) is 37.0 Å². The second-order valence-electron chi connectivity index (χ2n) is 9.61. The van der Waals surface area contributed by atoms with Crippen molar-refractivity contribution in [3.8, 4) is 0 Å². The number of hydrogen-bond donors (Lipinski definition) is 1. The summed E-state index contributed by atoms with van der Waals surface area (Å²) in [6, 6.07) is 9.96. The number of non-ortho nitro benzene ring substituents is 2. The first-order valence-electron chi connectivity index (χ1n) is 12.6. The van der Waals surface area contributed by atoms with Crippen LogP contribution >= 0.6 is 0 Å². The van der Waals surface area contributed by atoms with Gasteiger partial charge in [-0.2, -0.15) is 8.42 Å². The van der Waals surface area contributed by atoms with E-state index in [9.17, 15) is 43.3 Å². The Balaban J connectivity index is 1.56. The number of ether oxygens (including phenoxy) is 2. The van der Waals surface area contributed by atoms with E-state index in [1.54, 1.807) is 0 Å². The molecule has 1 fully saturated rings. The van der Waals surface area contributed by atoms with Crippen molar-refractivity contribution in [1.82, 2.24) is 9.80 Å². The molecule has 0 bridgehead atoms. The van der Waals surface area contributed by atoms with Crippen molar-refractivity contribution in [2.45, 2.75) is 44.3 Å². The summed E-state index contributed by atoms with van der Waals surface area (Å²) >= 11 is 0. The number of hydrogen-bond acceptors (Lipinski definition) is 12. The van der Waals surface area contributed by atoms with E-state index in [0.717, 1.165) is 11.2 Å². The van der Waals surface area contributed by atoms with Crippen LogP contribution in [0.2, 0.25) is 0 Å². The third-order valence-corrected chi connectivity index (χ3v) is 7.01. The van der Waals surface area contributed by atoms with Crippen molar-refractivity contribution in [3.63, 3.8) is 0 Å². The zero-order valence-corrected chi connectivity index (χ0v) is 23.5. The average molecular weight is 611 g/mol. The number of carbonyl (C=O) groups is 2. The van der Waals surface area contributed by atoms with Crippen LogP contribution in [-0.4, -0.2) is 90.0 Å². The molecule has 228 valence electrons. The third-order valence-electron chi connectivity index (χ3n) is 6.39. The first-order valence-corrected chi connectivity index (χ1v) is 14.4. The monoisotopic (exact) mass is 610 g/mol. The van der Waals surface area contributed by atoms with E-state index in [4.69, 9.17) is 13.7 Å². The molecule has 17 heteroatoms. The number of rotatable bonds is 12. The number of nitro benzene ring substituents is 2. The SMILES string of the molecule is CN(CC[C@@H](O)[C@@H]1C[C@@H](OS(C)(=O)=O)CN1C(=O)OCc1ccc([N+](=O)[O-])cc1)C(=O)OCc1ccc([N+](=O)[O-])cc1. The molecule has 0 saturated carbocycles. The zero-order valence-electron chi connectivity index (χ0n) is 22.7. The van der Waals surface area contributed by atoms with Crippen LogP contribution in [0.3, 0.4) is 0 Å². The number of nitro groups is 2. The fourth-order valence-corrected chi connectivity index (χ4v) is 4.87. The predicted octanol–water partition coefficient (Wildman–Crippen LogP) is 2.58. The smallest absolute Gasteiger partial charge is 0.410 e. The maximum absolute atomic E-state index is 12.9. The molecule has 2 aromatic rings. The van der Waals surface area contributed by atoms with Gasteiger partial charge in [-0.25, -0.2) is 9.59 Å². The predicted molar refractivity (Wildman–Crippen MR) is 145 cm³/mol. The van der Waals surface area contributed by atoms with Gasteiger partial charge in [-0.15, -0.1) is 0 Å². The Morgan fingerprint density at radius 1 is 1.00 bits per heavy atom. The van der Waals surface area contributed by atoms with Gasteiger partial charge < -0.3 is 19.5 Å². The van der Waals surface area contributed by atoms with Gasteiger partial charge in [0.25, 0.3) is 21.5 Å². The molecule has 1 heterocycles. The molecule has 1 N–H and O–H groups in total. The van der Waals surface area contributed by atoms with Gasteiger partial charge in [0.2, 0.25) is 0 Å². The number of amides is 2. The fraction of sp³-hybridized carbons (Fsp3) is 0.440. The molecule has 3 rings (SSSR count). The van der Waals surface area contributed by atoms with Crippen molar-refractivity contribution in [2.24, 2.45) is 0 Å². The second-order valence-corrected chi connectivity index (χ2v) is 11.2. The summed E-state index contributed by atoms with van der Waals surface area (Å²) < 4.78 is 38.9. The summed E-state index contributed by atoms with van der Waals surface area (Å²) in [5.41, 5.74) is 0.779. The van der Waals surface area contributed by atoms with Crippen molar-refractivity contribution in [2.75, 3.05) is 26.4 Å². The van der Waals surface area contributed by atoms with E-state index in [1.807, 2.05) is 0 Å². The standard InChI is InChI=1S/C25H30N4O12S/c1-26(24(31)39-15-17-3-7-19(8-4-17)28(33)34)12-11-23(30)22-13-21(41-42(2,37)38)14-27(22)25(32)40-16-18-5-9-20(10-6-18)29(35)36/h3-10,21-23,30H,11-16H2,1-2H3/t21-,22+,23-/m1/s1. The molecule has 2 aromatic carbocycles. The number of likely N-dealkylation sites (tertiary alicyclic amines) is 1. The molecule has 1 aliphatic heterocycles. The summed E-state index contributed by atoms with van der Waals surface area (Å²) in [5, 5.41) is 32.5. The quantitative estimate of drug-likeness (QED) is 0.209. The number of aliphatic hydroxyl groups is 1. The van der Waals surface area contributed by atoms with Gasteiger partial charge in [0.1, 0.15) is 13.2 Å². The van der Waals surface area contributed by atoms with Gasteiger partial charge in [-0.05, 0) is 48.2 Å². The molecule has 2 amide bonds. The number of nitrogens with zero attached hydrogens (tertiary/aromatic N) is 4. The number of aliphatic hydroxyl groups excluding tert-OH is 1. The van der Waals surface area contributed by atoms with E-state index in [0.29, 0.717) is 11.1 Å². The van der Waals surface area contributed by atoms with Gasteiger partial charge >= 0.3 is 12.2 Å². The molecule has 0 unspecified atom stereocenters. The van der Waals surface area contributed by atoms with E-state index < -0.39 is 50.4 Å². The Morgan fingerprint density at radius 2 is 1.50 bits per heavy atom. The molecule has 42 heavy (non-hydrogen) atoms. The molecule has 1 aliphatic rings. The highest BCUT2D eigenvalue weighted by molar-refractivity contribution is 7.86. The molecular weight excluding hydrogens is 580 g/mol. The summed E-state index contributed by atoms with van der Waals surface area (Å²) in [5.74, 6) is 0. The second kappa shape index (κ2) is 14.0. The van der Waals surface area contributed by atoms with Crippen LogP contribution in [0.5, 0.6) is 0 Å². The minimum absolute atomic E-state index is 0.00841. The van der Waals surface area contributed by atoms with Crippen LogP contribution < -0.4 is 0 Å². The number of carbonyl (C=O) groups excluding carboxylic acids is 2. The van der Waals surface area contributed by atoms with Crippen molar-refractivity contribution in [3.05, 3.63) is 79.9 Å². The maximum Gasteiger partial charge on any atom is 0.410 e. The highest BCUT2D eigenvalue weighted by Gasteiger charge is 2.42. The summed E-state index contributed by atoms with van der Waals surface area (Å²) in [4.78, 5) is 48.1. The Bertz CT molecular complexity index is 1390. The zero-order chi connectivity index (χ0) is 31.0. The molecule has 3 atom stereocenters. The van der Waals surface area contributed by atoms with Crippen LogP contribution in [0, 0.1) is 20.2 Å². The van der Waals surface area contributed by atoms with Crippen molar-refractivity contribution < 1.29 is 46.6 Å². The van der Waals surface area contributed by atoms with E-state index >= 15 is 0 Å². The normalized spacial score (nSPS) is 17.4. The number of benzene rings is 2. The highest BCUT2D eigenvalue weighted by Crippen LogP contribution is 2.27. The minimum atomic E-state index is -3.86. The van der Waals surface area contributed by atoms with Gasteiger partial charge in [-0.1, -0.05) is 0 Å². The highest BCUT2D eigenvalue weighted by atomic mass is 32.2. The molecule has 0 radical (unpaired) electrons. The van der Waals surface area contributed by atoms with E-state index in [2.05, 4.69) is 0 Å². The van der Waals surface area contributed by atoms with Crippen LogP contribution in [0.15, 0.2) is 48.5 Å². The Kier molecular flexibility index (Phi) is 10.7. The Labute approximate surface area is 240 Å². The van der Waals surface area contributed by atoms with Gasteiger partial charge in [0.15, 0.2) is 0 Å². The van der Waals surface area contributed by atoms with E-state index in [1.165, 1.54) is 60.5 Å². The summed E-state index contributed by atoms with van der Waals surface area (Å²) in [7, 11) is -2.43. The molecule has 1 saturated heterocycles. The minimum Gasteiger partial charge on any atom is -0.445 e. The third kappa shape index (κ3) is 9.35. The van der Waals surface area contributed by atoms with Crippen LogP contribution in [0.1, 0.15) is 24.0 Å². The van der Waals surface area contributed by atoms with Gasteiger partial charge in [0, 0.05) is 37.9 Å². The first-order chi connectivity index (χ1) is 19.7. The largest absolute Gasteiger partial charge is 0.445 e. The lowest BCUT2D eigenvalue weighted by Gasteiger charge is -2.28. The Morgan fingerprint density at radius 3 is 1.98 bits per heavy atom. The van der Waals surface area contributed by atoms with E-state index in [-0.39, 0.29) is 50.5 Å². The summed E-state index contributed by atoms with van der Waals surface area (Å²) in [6.07, 6.45) is -2.87. The lowest BCUT2D eigenvalue weighted by atomic mass is 10.0. The Hall–Kier alpha value is -4.35. The lowest BCUT2D eigenvalue weighted by Crippen LogP contribution is -2.44. The molecule has 0 aliphatic carbocycles. The molecule has 0 spiro atoms. The van der Waals surface area contributed by atoms with Gasteiger partial charge in [0.05, 0.1) is 40.9 Å². The van der Waals surface area contributed by atoms with Crippen LogP contribution in [0.4, 0.5) is 21.0 Å². The van der Waals surface area contributed by atoms with Crippen LogP contribution in [0.25, 0.3) is 0 Å². The fourth-order valence-electron chi connectivity index (χ4n) is 4.24. The topological polar surface area (TPSA) is 209 Å². The average Bonchev–Trinajstić information content (AvgIpc) is 3.35. The molecule has 0 aromatic heterocycles. The van der Waals surface area contributed by atoms with Crippen molar-refractivity contribution >= 4 is 33.7 Å². The molecule has 16 nitrogen and oxygen atoms in total.